The number of fused-ring (bicyclic) bond motifs is 1. The topological polar surface area (TPSA) is 84.1 Å². The lowest BCUT2D eigenvalue weighted by molar-refractivity contribution is -0.128. The number of amides is 1. The standard InChI is InChI=1S/C25H29N3O5/c1-16-21(18-7-5-6-8-19(18)26-16)22(29)25(30)28-13-11-27(12-14-28)15-17-9-10-20(31-2)24(33-4)23(17)32-3/h5-10,26H,11-15H2,1-4H3. The lowest BCUT2D eigenvalue weighted by atomic mass is 10.1. The van der Waals surface area contributed by atoms with Crippen LogP contribution in [0.25, 0.3) is 10.9 Å². The number of hydrogen-bond donors (Lipinski definition) is 1. The fraction of sp³-hybridized carbons (Fsp3) is 0.360. The number of nitrogens with one attached hydrogen (secondary N) is 1. The van der Waals surface area contributed by atoms with Crippen molar-refractivity contribution in [2.45, 2.75) is 13.5 Å². The number of carbonyl (C=O) groups is 2. The van der Waals surface area contributed by atoms with Crippen molar-refractivity contribution in [3.8, 4) is 17.2 Å². The normalized spacial score (nSPS) is 14.4. The molecular formula is C25H29N3O5. The lowest BCUT2D eigenvalue weighted by Gasteiger charge is -2.34. The molecule has 33 heavy (non-hydrogen) atoms. The number of aromatic nitrogens is 1. The molecule has 1 saturated heterocycles. The number of methoxy groups -OCH3 is 3. The fourth-order valence-electron chi connectivity index (χ4n) is 4.46. The van der Waals surface area contributed by atoms with Crippen LogP contribution in [-0.2, 0) is 11.3 Å². The summed E-state index contributed by atoms with van der Waals surface area (Å²) in [4.78, 5) is 33.1. The SMILES string of the molecule is COc1ccc(CN2CCN(C(=O)C(=O)c3c(C)[nH]c4ccccc34)CC2)c(OC)c1OC. The Labute approximate surface area is 193 Å². The van der Waals surface area contributed by atoms with Gasteiger partial charge in [0.05, 0.1) is 26.9 Å². The summed E-state index contributed by atoms with van der Waals surface area (Å²) in [5.74, 6) is 0.900. The average Bonchev–Trinajstić information content (AvgIpc) is 3.18. The number of aromatic amines is 1. The van der Waals surface area contributed by atoms with Gasteiger partial charge >= 0.3 is 0 Å². The molecule has 1 fully saturated rings. The number of benzene rings is 2. The highest BCUT2D eigenvalue weighted by molar-refractivity contribution is 6.45. The van der Waals surface area contributed by atoms with E-state index in [9.17, 15) is 9.59 Å². The highest BCUT2D eigenvalue weighted by Gasteiger charge is 2.30. The second-order valence-corrected chi connectivity index (χ2v) is 8.06. The molecule has 0 bridgehead atoms. The van der Waals surface area contributed by atoms with Crippen molar-refractivity contribution in [2.24, 2.45) is 0 Å². The molecule has 0 atom stereocenters. The maximum atomic E-state index is 13.1. The third kappa shape index (κ3) is 4.26. The molecule has 174 valence electrons. The van der Waals surface area contributed by atoms with E-state index in [4.69, 9.17) is 14.2 Å². The van der Waals surface area contributed by atoms with Crippen LogP contribution >= 0.6 is 0 Å². The molecule has 0 unspecified atom stereocenters. The van der Waals surface area contributed by atoms with E-state index in [1.54, 1.807) is 26.2 Å². The van der Waals surface area contributed by atoms with Crippen LogP contribution in [0.5, 0.6) is 17.2 Å². The van der Waals surface area contributed by atoms with Crippen LogP contribution in [0.3, 0.4) is 0 Å². The van der Waals surface area contributed by atoms with E-state index in [1.165, 1.54) is 0 Å². The molecule has 0 saturated carbocycles. The number of carbonyl (C=O) groups excluding carboxylic acids is 2. The van der Waals surface area contributed by atoms with E-state index in [-0.39, 0.29) is 0 Å². The molecule has 1 amide bonds. The van der Waals surface area contributed by atoms with Gasteiger partial charge in [0.25, 0.3) is 11.7 Å². The van der Waals surface area contributed by atoms with Gasteiger partial charge in [0.1, 0.15) is 0 Å². The number of rotatable bonds is 7. The van der Waals surface area contributed by atoms with Gasteiger partial charge in [-0.25, -0.2) is 0 Å². The van der Waals surface area contributed by atoms with Crippen LogP contribution in [-0.4, -0.2) is 74.0 Å². The van der Waals surface area contributed by atoms with Crippen LogP contribution in [0, 0.1) is 6.92 Å². The Balaban J connectivity index is 1.43. The Bertz CT molecular complexity index is 1180. The fourth-order valence-corrected chi connectivity index (χ4v) is 4.46. The molecule has 0 aliphatic carbocycles. The van der Waals surface area contributed by atoms with Gasteiger partial charge < -0.3 is 24.1 Å². The number of ketones is 1. The smallest absolute Gasteiger partial charge is 0.295 e. The summed E-state index contributed by atoms with van der Waals surface area (Å²) in [5, 5.41) is 0.785. The minimum absolute atomic E-state index is 0.453. The van der Waals surface area contributed by atoms with E-state index >= 15 is 0 Å². The predicted molar refractivity (Wildman–Crippen MR) is 125 cm³/mol. The molecule has 4 rings (SSSR count). The van der Waals surface area contributed by atoms with Crippen molar-refractivity contribution in [3.05, 3.63) is 53.2 Å². The maximum absolute atomic E-state index is 13.1. The lowest BCUT2D eigenvalue weighted by Crippen LogP contribution is -2.50. The first-order chi connectivity index (χ1) is 16.0. The number of para-hydroxylation sites is 1. The first-order valence-electron chi connectivity index (χ1n) is 10.9. The molecule has 1 aromatic heterocycles. The Morgan fingerprint density at radius 2 is 1.61 bits per heavy atom. The molecule has 0 radical (unpaired) electrons. The van der Waals surface area contributed by atoms with Crippen molar-refractivity contribution in [2.75, 3.05) is 47.5 Å². The van der Waals surface area contributed by atoms with E-state index in [0.717, 1.165) is 16.5 Å². The van der Waals surface area contributed by atoms with Crippen LogP contribution in [0.4, 0.5) is 0 Å². The van der Waals surface area contributed by atoms with Crippen molar-refractivity contribution in [3.63, 3.8) is 0 Å². The van der Waals surface area contributed by atoms with Gasteiger partial charge in [0.15, 0.2) is 11.5 Å². The summed E-state index contributed by atoms with van der Waals surface area (Å²) < 4.78 is 16.4. The van der Waals surface area contributed by atoms with E-state index in [0.29, 0.717) is 61.2 Å². The van der Waals surface area contributed by atoms with Gasteiger partial charge in [-0.15, -0.1) is 0 Å². The second-order valence-electron chi connectivity index (χ2n) is 8.06. The van der Waals surface area contributed by atoms with Crippen molar-refractivity contribution in [1.82, 2.24) is 14.8 Å². The van der Waals surface area contributed by atoms with Gasteiger partial charge in [-0.1, -0.05) is 24.3 Å². The maximum Gasteiger partial charge on any atom is 0.295 e. The summed E-state index contributed by atoms with van der Waals surface area (Å²) in [6.07, 6.45) is 0. The highest BCUT2D eigenvalue weighted by Crippen LogP contribution is 2.40. The minimum atomic E-state index is -0.458. The largest absolute Gasteiger partial charge is 0.493 e. The van der Waals surface area contributed by atoms with Crippen LogP contribution < -0.4 is 14.2 Å². The summed E-state index contributed by atoms with van der Waals surface area (Å²) in [6, 6.07) is 11.4. The van der Waals surface area contributed by atoms with Crippen molar-refractivity contribution >= 4 is 22.6 Å². The molecule has 1 aliphatic heterocycles. The number of aryl methyl sites for hydroxylation is 1. The zero-order valence-electron chi connectivity index (χ0n) is 19.4. The Kier molecular flexibility index (Phi) is 6.55. The molecule has 8 nitrogen and oxygen atoms in total. The van der Waals surface area contributed by atoms with Gasteiger partial charge in [-0.2, -0.15) is 0 Å². The van der Waals surface area contributed by atoms with Gasteiger partial charge in [-0.05, 0) is 19.1 Å². The number of H-pyrrole nitrogens is 1. The first-order valence-corrected chi connectivity index (χ1v) is 10.9. The van der Waals surface area contributed by atoms with Crippen LogP contribution in [0.15, 0.2) is 36.4 Å². The second kappa shape index (κ2) is 9.54. The third-order valence-corrected chi connectivity index (χ3v) is 6.15. The van der Waals surface area contributed by atoms with Crippen molar-refractivity contribution < 1.29 is 23.8 Å². The predicted octanol–water partition coefficient (Wildman–Crippen LogP) is 3.03. The zero-order chi connectivity index (χ0) is 23.5. The summed E-state index contributed by atoms with van der Waals surface area (Å²) >= 11 is 0. The van der Waals surface area contributed by atoms with E-state index in [2.05, 4.69) is 9.88 Å². The Hall–Kier alpha value is -3.52. The van der Waals surface area contributed by atoms with Crippen LogP contribution in [0.2, 0.25) is 0 Å². The molecular weight excluding hydrogens is 422 g/mol. The quantitative estimate of drug-likeness (QED) is 0.439. The minimum Gasteiger partial charge on any atom is -0.493 e. The Morgan fingerprint density at radius 1 is 0.909 bits per heavy atom. The van der Waals surface area contributed by atoms with E-state index < -0.39 is 11.7 Å². The molecule has 2 aromatic carbocycles. The number of ether oxygens (including phenoxy) is 3. The number of nitrogens with zero attached hydrogens (tertiary/aromatic N) is 2. The van der Waals surface area contributed by atoms with Crippen molar-refractivity contribution in [1.29, 1.82) is 0 Å². The zero-order valence-corrected chi connectivity index (χ0v) is 19.4. The molecule has 2 heterocycles. The molecule has 1 aliphatic rings. The average molecular weight is 452 g/mol. The molecule has 3 aromatic rings. The molecule has 1 N–H and O–H groups in total. The molecule has 8 heteroatoms. The van der Waals surface area contributed by atoms with Gasteiger partial charge in [-0.3, -0.25) is 14.5 Å². The highest BCUT2D eigenvalue weighted by atomic mass is 16.5. The van der Waals surface area contributed by atoms with Gasteiger partial charge in [0.2, 0.25) is 5.75 Å². The monoisotopic (exact) mass is 451 g/mol. The number of hydrogen-bond acceptors (Lipinski definition) is 6. The number of piperazine rings is 1. The third-order valence-electron chi connectivity index (χ3n) is 6.15. The summed E-state index contributed by atoms with van der Waals surface area (Å²) in [5.41, 5.74) is 3.02. The Morgan fingerprint density at radius 3 is 2.27 bits per heavy atom. The summed E-state index contributed by atoms with van der Waals surface area (Å²) in [6.45, 7) is 4.76. The van der Waals surface area contributed by atoms with E-state index in [1.807, 2.05) is 43.3 Å². The summed E-state index contributed by atoms with van der Waals surface area (Å²) in [7, 11) is 4.78. The first kappa shape index (κ1) is 22.7. The van der Waals surface area contributed by atoms with Crippen LogP contribution in [0.1, 0.15) is 21.6 Å². The number of Topliss-reactive ketones (excluding diaryl/α,β-unsaturated/α-hetero) is 1. The molecule has 0 spiro atoms. The van der Waals surface area contributed by atoms with Gasteiger partial charge in [0, 0.05) is 54.9 Å².